The van der Waals surface area contributed by atoms with Crippen LogP contribution in [-0.4, -0.2) is 29.4 Å². The Morgan fingerprint density at radius 2 is 1.91 bits per heavy atom. The second-order valence-corrected chi connectivity index (χ2v) is 9.81. The monoisotopic (exact) mass is 474 g/mol. The third-order valence-corrected chi connectivity index (χ3v) is 6.92. The fourth-order valence-corrected chi connectivity index (χ4v) is 5.08. The van der Waals surface area contributed by atoms with E-state index in [4.69, 9.17) is 14.2 Å². The lowest BCUT2D eigenvalue weighted by atomic mass is 9.71. The van der Waals surface area contributed by atoms with Crippen LogP contribution < -0.4 is 9.47 Å². The van der Waals surface area contributed by atoms with Gasteiger partial charge in [-0.05, 0) is 75.4 Å². The maximum Gasteiger partial charge on any atom is 0.309 e. The zero-order valence-corrected chi connectivity index (χ0v) is 19.9. The molecule has 0 unspecified atom stereocenters. The molecular weight excluding hydrogens is 442 g/mol. The molecule has 0 radical (unpaired) electrons. The van der Waals surface area contributed by atoms with Gasteiger partial charge in [0.25, 0.3) is 0 Å². The van der Waals surface area contributed by atoms with Crippen LogP contribution in [0.5, 0.6) is 11.5 Å². The summed E-state index contributed by atoms with van der Waals surface area (Å²) in [5.74, 6) is -1.72. The maximum absolute atomic E-state index is 13.6. The third-order valence-electron chi connectivity index (χ3n) is 6.92. The smallest absolute Gasteiger partial charge is 0.309 e. The van der Waals surface area contributed by atoms with Crippen LogP contribution >= 0.6 is 0 Å². The first-order valence-corrected chi connectivity index (χ1v) is 12.0. The first kappa shape index (κ1) is 24.5. The second-order valence-electron chi connectivity index (χ2n) is 9.81. The maximum atomic E-state index is 13.6. The third kappa shape index (κ3) is 5.19. The predicted molar refractivity (Wildman–Crippen MR) is 123 cm³/mol. The van der Waals surface area contributed by atoms with E-state index in [9.17, 15) is 18.7 Å². The Kier molecular flexibility index (Phi) is 7.12. The van der Waals surface area contributed by atoms with Gasteiger partial charge in [-0.2, -0.15) is 0 Å². The molecule has 0 amide bonds. The van der Waals surface area contributed by atoms with Crippen LogP contribution in [0.1, 0.15) is 63.7 Å². The van der Waals surface area contributed by atoms with Crippen molar-refractivity contribution in [2.24, 2.45) is 11.8 Å². The summed E-state index contributed by atoms with van der Waals surface area (Å²) in [6, 6.07) is 9.06. The molecule has 1 saturated heterocycles. The van der Waals surface area contributed by atoms with Crippen LogP contribution in [0.2, 0.25) is 0 Å². The van der Waals surface area contributed by atoms with Crippen molar-refractivity contribution in [2.75, 3.05) is 6.61 Å². The molecule has 1 fully saturated rings. The van der Waals surface area contributed by atoms with Crippen molar-refractivity contribution in [3.63, 3.8) is 0 Å². The van der Waals surface area contributed by atoms with Gasteiger partial charge in [-0.25, -0.2) is 8.78 Å². The number of aliphatic carboxylic acids is 1. The lowest BCUT2D eigenvalue weighted by molar-refractivity contribution is -0.188. The Bertz CT molecular complexity index is 1020. The number of halogens is 2. The van der Waals surface area contributed by atoms with Crippen LogP contribution in [0.15, 0.2) is 36.4 Å². The van der Waals surface area contributed by atoms with Gasteiger partial charge in [0.1, 0.15) is 28.7 Å². The van der Waals surface area contributed by atoms with E-state index in [1.807, 2.05) is 32.0 Å². The number of hydrogen-bond donors (Lipinski definition) is 1. The number of carboxylic acids is 1. The van der Waals surface area contributed by atoms with E-state index in [2.05, 4.69) is 6.92 Å². The van der Waals surface area contributed by atoms with Gasteiger partial charge in [-0.3, -0.25) is 4.79 Å². The number of carbonyl (C=O) groups is 1. The Hall–Kier alpha value is -2.67. The largest absolute Gasteiger partial charge is 0.494 e. The summed E-state index contributed by atoms with van der Waals surface area (Å²) in [6.45, 7) is 6.63. The number of hydrogen-bond acceptors (Lipinski definition) is 4. The summed E-state index contributed by atoms with van der Waals surface area (Å²) in [5, 5.41) is 9.95. The molecular formula is C27H32F2O5. The molecule has 34 heavy (non-hydrogen) atoms. The molecule has 4 rings (SSSR count). The van der Waals surface area contributed by atoms with Crippen molar-refractivity contribution < 1.29 is 32.9 Å². The van der Waals surface area contributed by atoms with Crippen LogP contribution in [-0.2, 0) is 16.0 Å². The fraction of sp³-hybridized carbons (Fsp3) is 0.519. The van der Waals surface area contributed by atoms with Crippen molar-refractivity contribution in [1.29, 1.82) is 0 Å². The average molecular weight is 475 g/mol. The van der Waals surface area contributed by atoms with Gasteiger partial charge in [-0.15, -0.1) is 0 Å². The summed E-state index contributed by atoms with van der Waals surface area (Å²) >= 11 is 0. The van der Waals surface area contributed by atoms with Crippen LogP contribution in [0.3, 0.4) is 0 Å². The van der Waals surface area contributed by atoms with Gasteiger partial charge in [-0.1, -0.05) is 13.3 Å². The highest BCUT2D eigenvalue weighted by Crippen LogP contribution is 2.53. The first-order valence-electron chi connectivity index (χ1n) is 12.0. The molecule has 0 aromatic heterocycles. The zero-order valence-electron chi connectivity index (χ0n) is 19.9. The Balaban J connectivity index is 1.60. The van der Waals surface area contributed by atoms with Gasteiger partial charge in [0.15, 0.2) is 0 Å². The summed E-state index contributed by atoms with van der Waals surface area (Å²) in [4.78, 5) is 12.2. The minimum absolute atomic E-state index is 0.171. The molecule has 2 aromatic carbocycles. The Morgan fingerprint density at radius 1 is 1.18 bits per heavy atom. The molecule has 0 saturated carbocycles. The van der Waals surface area contributed by atoms with Crippen molar-refractivity contribution in [3.8, 4) is 11.5 Å². The first-order chi connectivity index (χ1) is 16.2. The highest BCUT2D eigenvalue weighted by Gasteiger charge is 2.52. The lowest BCUT2D eigenvalue weighted by Crippen LogP contribution is -2.52. The molecule has 5 nitrogen and oxygen atoms in total. The van der Waals surface area contributed by atoms with Crippen molar-refractivity contribution in [2.45, 2.75) is 70.7 Å². The molecule has 184 valence electrons. The molecule has 1 N–H and O–H groups in total. The molecule has 2 aliphatic rings. The van der Waals surface area contributed by atoms with Gasteiger partial charge in [0.05, 0.1) is 24.7 Å². The van der Waals surface area contributed by atoms with Crippen molar-refractivity contribution in [1.82, 2.24) is 0 Å². The van der Waals surface area contributed by atoms with Gasteiger partial charge >= 0.3 is 5.97 Å². The highest BCUT2D eigenvalue weighted by molar-refractivity contribution is 5.71. The number of fused-ring (bicyclic) bond motifs is 3. The molecule has 0 spiro atoms. The SMILES string of the molecule is CCCCOc1ccc2c(c1)[C@H]1O[C@@H](CCc3cc(F)cc(F)c3)[C@@H](C(=O)O)C[C@@H]1C(C)(C)O2. The van der Waals surface area contributed by atoms with Crippen molar-refractivity contribution in [3.05, 3.63) is 59.2 Å². The highest BCUT2D eigenvalue weighted by atomic mass is 19.1. The van der Waals surface area contributed by atoms with E-state index < -0.39 is 35.2 Å². The number of aryl methyl sites for hydroxylation is 1. The normalized spacial score (nSPS) is 25.1. The topological polar surface area (TPSA) is 65.0 Å². The van der Waals surface area contributed by atoms with E-state index >= 15 is 0 Å². The van der Waals surface area contributed by atoms with Gasteiger partial charge in [0.2, 0.25) is 0 Å². The summed E-state index contributed by atoms with van der Waals surface area (Å²) in [6.07, 6.45) is 2.06. The van der Waals surface area contributed by atoms with Crippen LogP contribution in [0.4, 0.5) is 8.78 Å². The van der Waals surface area contributed by atoms with E-state index in [-0.39, 0.29) is 12.0 Å². The van der Waals surface area contributed by atoms with Crippen molar-refractivity contribution >= 4 is 5.97 Å². The number of rotatable bonds is 8. The molecule has 2 aromatic rings. The predicted octanol–water partition coefficient (Wildman–Crippen LogP) is 6.09. The van der Waals surface area contributed by atoms with E-state index in [0.717, 1.165) is 30.2 Å². The van der Waals surface area contributed by atoms with E-state index in [0.29, 0.717) is 37.2 Å². The number of carboxylic acid groups (broad SMARTS) is 1. The van der Waals surface area contributed by atoms with Gasteiger partial charge in [0, 0.05) is 17.5 Å². The van der Waals surface area contributed by atoms with E-state index in [1.165, 1.54) is 12.1 Å². The Labute approximate surface area is 199 Å². The Morgan fingerprint density at radius 3 is 2.59 bits per heavy atom. The lowest BCUT2D eigenvalue weighted by Gasteiger charge is -2.50. The fourth-order valence-electron chi connectivity index (χ4n) is 5.08. The summed E-state index contributed by atoms with van der Waals surface area (Å²) in [7, 11) is 0. The summed E-state index contributed by atoms with van der Waals surface area (Å²) in [5.41, 5.74) is 0.711. The minimum atomic E-state index is -0.938. The number of ether oxygens (including phenoxy) is 3. The molecule has 2 heterocycles. The van der Waals surface area contributed by atoms with Crippen LogP contribution in [0, 0.1) is 23.5 Å². The number of unbranched alkanes of at least 4 members (excludes halogenated alkanes) is 1. The molecule has 0 aliphatic carbocycles. The second kappa shape index (κ2) is 9.90. The molecule has 4 atom stereocenters. The molecule has 0 bridgehead atoms. The van der Waals surface area contributed by atoms with E-state index in [1.54, 1.807) is 0 Å². The van der Waals surface area contributed by atoms with Crippen LogP contribution in [0.25, 0.3) is 0 Å². The van der Waals surface area contributed by atoms with Gasteiger partial charge < -0.3 is 19.3 Å². The average Bonchev–Trinajstić information content (AvgIpc) is 2.77. The zero-order chi connectivity index (χ0) is 24.5. The molecule has 2 aliphatic heterocycles. The number of benzene rings is 2. The standard InChI is InChI=1S/C27H32F2O5/c1-4-5-10-32-19-7-9-24-20(14-19)25-22(27(2,3)34-24)15-21(26(30)31)23(33-25)8-6-16-11-17(28)13-18(29)12-16/h7,9,11-14,21-23,25H,4-6,8,10,15H2,1-3H3,(H,30,31)/t21-,22-,23-,25+/m0/s1. The summed E-state index contributed by atoms with van der Waals surface area (Å²) < 4.78 is 45.9. The molecule has 7 heteroatoms. The quantitative estimate of drug-likeness (QED) is 0.469. The minimum Gasteiger partial charge on any atom is -0.494 e.